The fourth-order valence-electron chi connectivity index (χ4n) is 5.31. The van der Waals surface area contributed by atoms with Crippen molar-refractivity contribution in [2.24, 2.45) is 11.5 Å². The van der Waals surface area contributed by atoms with Gasteiger partial charge in [-0.2, -0.15) is 0 Å². The summed E-state index contributed by atoms with van der Waals surface area (Å²) >= 11 is 0. The number of rotatable bonds is 29. The van der Waals surface area contributed by atoms with Crippen LogP contribution in [-0.2, 0) is 0 Å². The molecule has 3 heteroatoms. The van der Waals surface area contributed by atoms with Gasteiger partial charge in [-0.15, -0.1) is 0 Å². The first-order valence-corrected chi connectivity index (χ1v) is 16.4. The molecule has 0 heterocycles. The Hall–Kier alpha value is -0.120. The summed E-state index contributed by atoms with van der Waals surface area (Å²) < 4.78 is 0. The molecule has 0 saturated heterocycles. The third-order valence-corrected chi connectivity index (χ3v) is 7.83. The van der Waals surface area contributed by atoms with Gasteiger partial charge in [0.2, 0.25) is 0 Å². The zero-order valence-corrected chi connectivity index (χ0v) is 24.8. The van der Waals surface area contributed by atoms with Crippen LogP contribution in [0.5, 0.6) is 0 Å². The number of hydrogen-bond acceptors (Lipinski definition) is 3. The van der Waals surface area contributed by atoms with E-state index in [4.69, 9.17) is 11.5 Å². The van der Waals surface area contributed by atoms with Crippen molar-refractivity contribution >= 4 is 0 Å². The molecule has 35 heavy (non-hydrogen) atoms. The molecule has 0 saturated carbocycles. The Morgan fingerprint density at radius 1 is 0.371 bits per heavy atom. The fraction of sp³-hybridized carbons (Fsp3) is 1.00. The van der Waals surface area contributed by atoms with Crippen LogP contribution < -0.4 is 11.5 Å². The lowest BCUT2D eigenvalue weighted by Gasteiger charge is -2.34. The maximum atomic E-state index is 6.73. The monoisotopic (exact) mass is 496 g/mol. The molecule has 0 aliphatic rings. The topological polar surface area (TPSA) is 55.3 Å². The summed E-state index contributed by atoms with van der Waals surface area (Å²) in [5.74, 6) is 0. The Balaban J connectivity index is 4.21. The van der Waals surface area contributed by atoms with E-state index in [1.165, 1.54) is 154 Å². The van der Waals surface area contributed by atoms with E-state index in [9.17, 15) is 0 Å². The van der Waals surface area contributed by atoms with E-state index in [1.54, 1.807) is 0 Å². The van der Waals surface area contributed by atoms with E-state index < -0.39 is 0 Å². The number of hydrogen-bond donors (Lipinski definition) is 2. The smallest absolute Gasteiger partial charge is 0.0585 e. The molecule has 0 aliphatic heterocycles. The van der Waals surface area contributed by atoms with Crippen molar-refractivity contribution < 1.29 is 0 Å². The van der Waals surface area contributed by atoms with Crippen molar-refractivity contribution in [3.63, 3.8) is 0 Å². The van der Waals surface area contributed by atoms with Crippen molar-refractivity contribution in [2.45, 2.75) is 200 Å². The van der Waals surface area contributed by atoms with E-state index >= 15 is 0 Å². The number of nitrogens with zero attached hydrogens (tertiary/aromatic N) is 1. The summed E-state index contributed by atoms with van der Waals surface area (Å²) in [6.45, 7) is 7.96. The lowest BCUT2D eigenvalue weighted by molar-refractivity contribution is 0.118. The first-order valence-electron chi connectivity index (χ1n) is 16.4. The summed E-state index contributed by atoms with van der Waals surface area (Å²) in [4.78, 5) is 2.47. The van der Waals surface area contributed by atoms with E-state index in [0.717, 1.165) is 19.4 Å². The van der Waals surface area contributed by atoms with Gasteiger partial charge in [0, 0.05) is 6.54 Å². The second-order valence-electron chi connectivity index (χ2n) is 11.4. The molecule has 0 aliphatic carbocycles. The number of nitrogens with two attached hydrogens (primary N) is 2. The molecular weight excluding hydrogens is 426 g/mol. The SMILES string of the molecule is CCCCCCCCCCCCN(C(N)CCCCCCCCC)C(N)CCCCCCCCC. The molecule has 0 aromatic rings. The van der Waals surface area contributed by atoms with E-state index in [2.05, 4.69) is 25.7 Å². The van der Waals surface area contributed by atoms with Crippen LogP contribution in [0.4, 0.5) is 0 Å². The highest BCUT2D eigenvalue weighted by Gasteiger charge is 2.20. The summed E-state index contributed by atoms with van der Waals surface area (Å²) in [5, 5.41) is 0. The minimum Gasteiger partial charge on any atom is -0.316 e. The Morgan fingerprint density at radius 3 is 0.943 bits per heavy atom. The van der Waals surface area contributed by atoms with Crippen LogP contribution in [0.1, 0.15) is 188 Å². The van der Waals surface area contributed by atoms with Crippen LogP contribution in [0.15, 0.2) is 0 Å². The predicted octanol–water partition coefficient (Wildman–Crippen LogP) is 10.1. The molecule has 0 aromatic heterocycles. The van der Waals surface area contributed by atoms with Crippen LogP contribution in [0.2, 0.25) is 0 Å². The summed E-state index contributed by atoms with van der Waals surface area (Å²) in [6, 6.07) is 0. The van der Waals surface area contributed by atoms with Crippen molar-refractivity contribution in [3.8, 4) is 0 Å². The maximum absolute atomic E-state index is 6.73. The molecule has 4 N–H and O–H groups in total. The van der Waals surface area contributed by atoms with Crippen molar-refractivity contribution in [1.82, 2.24) is 4.90 Å². The first kappa shape index (κ1) is 34.9. The van der Waals surface area contributed by atoms with Gasteiger partial charge in [0.25, 0.3) is 0 Å². The Bertz CT molecular complexity index is 363. The summed E-state index contributed by atoms with van der Waals surface area (Å²) in [7, 11) is 0. The van der Waals surface area contributed by atoms with Crippen molar-refractivity contribution in [2.75, 3.05) is 6.54 Å². The van der Waals surface area contributed by atoms with Gasteiger partial charge in [-0.05, 0) is 19.3 Å². The molecule has 0 fully saturated rings. The van der Waals surface area contributed by atoms with Crippen LogP contribution >= 0.6 is 0 Å². The van der Waals surface area contributed by atoms with Crippen LogP contribution in [0, 0.1) is 0 Å². The highest BCUT2D eigenvalue weighted by Crippen LogP contribution is 2.17. The van der Waals surface area contributed by atoms with Crippen LogP contribution in [0.25, 0.3) is 0 Å². The van der Waals surface area contributed by atoms with Crippen LogP contribution in [-0.4, -0.2) is 23.8 Å². The maximum Gasteiger partial charge on any atom is 0.0585 e. The fourth-order valence-corrected chi connectivity index (χ4v) is 5.31. The Morgan fingerprint density at radius 2 is 0.629 bits per heavy atom. The first-order chi connectivity index (χ1) is 17.2. The van der Waals surface area contributed by atoms with Gasteiger partial charge in [0.15, 0.2) is 0 Å². The molecule has 0 spiro atoms. The standard InChI is InChI=1S/C32H69N3/c1-4-7-10-13-16-17-18-21-24-27-30-35(31(33)28-25-22-19-14-11-8-5-2)32(34)29-26-23-20-15-12-9-6-3/h31-32H,4-30,33-34H2,1-3H3. The van der Waals surface area contributed by atoms with E-state index in [1.807, 2.05) is 0 Å². The van der Waals surface area contributed by atoms with Gasteiger partial charge < -0.3 is 11.5 Å². The normalized spacial score (nSPS) is 13.5. The molecular formula is C32H69N3. The zero-order chi connectivity index (χ0) is 25.8. The molecule has 3 nitrogen and oxygen atoms in total. The Kier molecular flexibility index (Phi) is 28.4. The summed E-state index contributed by atoms with van der Waals surface area (Å²) in [6.07, 6.45) is 35.3. The Labute approximate surface area is 222 Å². The second-order valence-corrected chi connectivity index (χ2v) is 11.4. The van der Waals surface area contributed by atoms with Gasteiger partial charge >= 0.3 is 0 Å². The average molecular weight is 496 g/mol. The average Bonchev–Trinajstić information content (AvgIpc) is 2.86. The minimum atomic E-state index is 0.142. The van der Waals surface area contributed by atoms with Gasteiger partial charge in [-0.1, -0.05) is 168 Å². The molecule has 0 radical (unpaired) electrons. The molecule has 2 atom stereocenters. The zero-order valence-electron chi connectivity index (χ0n) is 24.8. The molecule has 0 bridgehead atoms. The summed E-state index contributed by atoms with van der Waals surface area (Å²) in [5.41, 5.74) is 13.5. The lowest BCUT2D eigenvalue weighted by atomic mass is 10.0. The predicted molar refractivity (Wildman–Crippen MR) is 160 cm³/mol. The lowest BCUT2D eigenvalue weighted by Crippen LogP contribution is -2.52. The van der Waals surface area contributed by atoms with Gasteiger partial charge in [-0.25, -0.2) is 0 Å². The number of unbranched alkanes of at least 4 members (excludes halogenated alkanes) is 21. The molecule has 0 aromatic carbocycles. The molecule has 0 rings (SSSR count). The minimum absolute atomic E-state index is 0.142. The highest BCUT2D eigenvalue weighted by molar-refractivity contribution is 4.73. The van der Waals surface area contributed by atoms with Gasteiger partial charge in [-0.3, -0.25) is 4.90 Å². The molecule has 212 valence electrons. The third kappa shape index (κ3) is 24.0. The van der Waals surface area contributed by atoms with Gasteiger partial charge in [0.1, 0.15) is 0 Å². The van der Waals surface area contributed by atoms with Crippen molar-refractivity contribution in [1.29, 1.82) is 0 Å². The largest absolute Gasteiger partial charge is 0.316 e. The quantitative estimate of drug-likeness (QED) is 0.0801. The van der Waals surface area contributed by atoms with Crippen LogP contribution in [0.3, 0.4) is 0 Å². The van der Waals surface area contributed by atoms with E-state index in [-0.39, 0.29) is 12.3 Å². The highest BCUT2D eigenvalue weighted by atomic mass is 15.3. The molecule has 2 unspecified atom stereocenters. The third-order valence-electron chi connectivity index (χ3n) is 7.83. The van der Waals surface area contributed by atoms with Crippen molar-refractivity contribution in [3.05, 3.63) is 0 Å². The molecule has 0 amide bonds. The van der Waals surface area contributed by atoms with Gasteiger partial charge in [0.05, 0.1) is 12.3 Å². The second kappa shape index (κ2) is 28.5. The van der Waals surface area contributed by atoms with E-state index in [0.29, 0.717) is 0 Å².